The number of carbonyl (C=O) groups excluding carboxylic acids is 1. The Balaban J connectivity index is 2.49. The predicted octanol–water partition coefficient (Wildman–Crippen LogP) is 2.75. The third-order valence-electron chi connectivity index (χ3n) is 3.46. The zero-order valence-corrected chi connectivity index (χ0v) is 9.81. The SMILES string of the molecule is CCC1(C(C)OC=O)C=Nc2ccc(F)cc21. The van der Waals surface area contributed by atoms with E-state index < -0.39 is 5.41 Å². The molecule has 2 atom stereocenters. The first-order valence-electron chi connectivity index (χ1n) is 5.58. The largest absolute Gasteiger partial charge is 0.464 e. The van der Waals surface area contributed by atoms with E-state index in [4.69, 9.17) is 4.74 Å². The van der Waals surface area contributed by atoms with Crippen LogP contribution in [0.2, 0.25) is 0 Å². The molecule has 0 aromatic heterocycles. The van der Waals surface area contributed by atoms with Gasteiger partial charge in [-0.15, -0.1) is 0 Å². The van der Waals surface area contributed by atoms with E-state index in [1.165, 1.54) is 12.1 Å². The van der Waals surface area contributed by atoms with Crippen molar-refractivity contribution in [3.8, 4) is 0 Å². The highest BCUT2D eigenvalue weighted by Crippen LogP contribution is 2.42. The molecule has 0 aliphatic carbocycles. The average Bonchev–Trinajstić information content (AvgIpc) is 2.68. The van der Waals surface area contributed by atoms with Gasteiger partial charge in [0.05, 0.1) is 11.1 Å². The first-order chi connectivity index (χ1) is 8.14. The summed E-state index contributed by atoms with van der Waals surface area (Å²) in [5, 5.41) is 0. The lowest BCUT2D eigenvalue weighted by molar-refractivity contribution is -0.134. The number of benzene rings is 1. The maximum absolute atomic E-state index is 13.3. The Morgan fingerprint density at radius 1 is 1.59 bits per heavy atom. The maximum atomic E-state index is 13.3. The van der Waals surface area contributed by atoms with Crippen molar-refractivity contribution in [2.75, 3.05) is 0 Å². The van der Waals surface area contributed by atoms with Crippen molar-refractivity contribution in [1.82, 2.24) is 0 Å². The number of halogens is 1. The van der Waals surface area contributed by atoms with Gasteiger partial charge in [0.1, 0.15) is 11.9 Å². The molecule has 1 aromatic rings. The molecule has 0 spiro atoms. The topological polar surface area (TPSA) is 38.7 Å². The first kappa shape index (κ1) is 11.8. The number of fused-ring (bicyclic) bond motifs is 1. The number of nitrogens with zero attached hydrogens (tertiary/aromatic N) is 1. The van der Waals surface area contributed by atoms with E-state index in [0.717, 1.165) is 11.3 Å². The monoisotopic (exact) mass is 235 g/mol. The van der Waals surface area contributed by atoms with Gasteiger partial charge in [-0.1, -0.05) is 6.92 Å². The van der Waals surface area contributed by atoms with Gasteiger partial charge in [-0.05, 0) is 37.1 Å². The van der Waals surface area contributed by atoms with Crippen molar-refractivity contribution in [2.45, 2.75) is 31.8 Å². The smallest absolute Gasteiger partial charge is 0.293 e. The third-order valence-corrected chi connectivity index (χ3v) is 3.46. The molecule has 0 radical (unpaired) electrons. The Hall–Kier alpha value is -1.71. The molecule has 0 saturated heterocycles. The highest BCUT2D eigenvalue weighted by Gasteiger charge is 2.41. The van der Waals surface area contributed by atoms with Crippen LogP contribution in [0.3, 0.4) is 0 Å². The van der Waals surface area contributed by atoms with E-state index in [1.807, 2.05) is 6.92 Å². The summed E-state index contributed by atoms with van der Waals surface area (Å²) in [6.07, 6.45) is 2.09. The normalized spacial score (nSPS) is 23.2. The third kappa shape index (κ3) is 1.73. The number of hydrogen-bond acceptors (Lipinski definition) is 3. The molecule has 1 heterocycles. The van der Waals surface area contributed by atoms with Gasteiger partial charge in [-0.3, -0.25) is 9.79 Å². The highest BCUT2D eigenvalue weighted by atomic mass is 19.1. The van der Waals surface area contributed by atoms with Crippen molar-refractivity contribution in [3.63, 3.8) is 0 Å². The van der Waals surface area contributed by atoms with Gasteiger partial charge in [0.25, 0.3) is 6.47 Å². The standard InChI is InChI=1S/C13H14FNO2/c1-3-13(9(2)17-8-16)7-15-12-5-4-10(14)6-11(12)13/h4-9H,3H2,1-2H3. The van der Waals surface area contributed by atoms with Crippen molar-refractivity contribution >= 4 is 18.4 Å². The highest BCUT2D eigenvalue weighted by molar-refractivity contribution is 5.86. The fourth-order valence-corrected chi connectivity index (χ4v) is 2.35. The Bertz CT molecular complexity index is 472. The molecule has 0 saturated carbocycles. The van der Waals surface area contributed by atoms with Crippen LogP contribution >= 0.6 is 0 Å². The van der Waals surface area contributed by atoms with Gasteiger partial charge in [-0.25, -0.2) is 4.39 Å². The van der Waals surface area contributed by atoms with Crippen LogP contribution in [-0.4, -0.2) is 18.8 Å². The first-order valence-corrected chi connectivity index (χ1v) is 5.58. The van der Waals surface area contributed by atoms with Gasteiger partial charge in [0.2, 0.25) is 0 Å². The van der Waals surface area contributed by atoms with Crippen LogP contribution in [0.15, 0.2) is 23.2 Å². The molecule has 1 aromatic carbocycles. The molecule has 4 heteroatoms. The quantitative estimate of drug-likeness (QED) is 0.753. The van der Waals surface area contributed by atoms with E-state index in [1.54, 1.807) is 19.2 Å². The van der Waals surface area contributed by atoms with Crippen LogP contribution in [-0.2, 0) is 14.9 Å². The van der Waals surface area contributed by atoms with Crippen LogP contribution in [0.25, 0.3) is 0 Å². The minimum Gasteiger partial charge on any atom is -0.464 e. The summed E-state index contributed by atoms with van der Waals surface area (Å²) >= 11 is 0. The Kier molecular flexibility index (Phi) is 2.96. The summed E-state index contributed by atoms with van der Waals surface area (Å²) in [5.41, 5.74) is 1.02. The predicted molar refractivity (Wildman–Crippen MR) is 63.1 cm³/mol. The zero-order valence-electron chi connectivity index (χ0n) is 9.81. The molecule has 0 N–H and O–H groups in total. The fraction of sp³-hybridized carbons (Fsp3) is 0.385. The molecule has 3 nitrogen and oxygen atoms in total. The van der Waals surface area contributed by atoms with Crippen LogP contribution in [0, 0.1) is 5.82 Å². The van der Waals surface area contributed by atoms with Gasteiger partial charge in [0, 0.05) is 6.21 Å². The van der Waals surface area contributed by atoms with Gasteiger partial charge in [0.15, 0.2) is 0 Å². The van der Waals surface area contributed by atoms with Crippen molar-refractivity contribution in [3.05, 3.63) is 29.6 Å². The molecule has 0 fully saturated rings. The summed E-state index contributed by atoms with van der Waals surface area (Å²) in [7, 11) is 0. The average molecular weight is 235 g/mol. The molecular weight excluding hydrogens is 221 g/mol. The summed E-state index contributed by atoms with van der Waals surface area (Å²) in [6, 6.07) is 4.50. The lowest BCUT2D eigenvalue weighted by Gasteiger charge is -2.31. The summed E-state index contributed by atoms with van der Waals surface area (Å²) in [6.45, 7) is 4.19. The molecule has 0 amide bonds. The van der Waals surface area contributed by atoms with E-state index in [-0.39, 0.29) is 11.9 Å². The molecule has 1 aliphatic rings. The Morgan fingerprint density at radius 3 is 3.00 bits per heavy atom. The van der Waals surface area contributed by atoms with Gasteiger partial charge < -0.3 is 4.74 Å². The second kappa shape index (κ2) is 4.28. The second-order valence-corrected chi connectivity index (χ2v) is 4.19. The molecule has 2 unspecified atom stereocenters. The van der Waals surface area contributed by atoms with Crippen LogP contribution in [0.1, 0.15) is 25.8 Å². The number of ether oxygens (including phenoxy) is 1. The molecular formula is C13H14FNO2. The second-order valence-electron chi connectivity index (χ2n) is 4.19. The minimum atomic E-state index is -0.516. The van der Waals surface area contributed by atoms with Gasteiger partial charge in [-0.2, -0.15) is 0 Å². The lowest BCUT2D eigenvalue weighted by atomic mass is 9.76. The van der Waals surface area contributed by atoms with Crippen molar-refractivity contribution in [1.29, 1.82) is 0 Å². The lowest BCUT2D eigenvalue weighted by Crippen LogP contribution is -2.38. The number of carbonyl (C=O) groups is 1. The molecule has 1 aliphatic heterocycles. The molecule has 0 bridgehead atoms. The maximum Gasteiger partial charge on any atom is 0.293 e. The number of aliphatic imine (C=N–C) groups is 1. The zero-order chi connectivity index (χ0) is 12.5. The molecule has 17 heavy (non-hydrogen) atoms. The van der Waals surface area contributed by atoms with Gasteiger partial charge >= 0.3 is 0 Å². The fourth-order valence-electron chi connectivity index (χ4n) is 2.35. The van der Waals surface area contributed by atoms with Crippen LogP contribution in [0.4, 0.5) is 10.1 Å². The summed E-state index contributed by atoms with van der Waals surface area (Å²) < 4.78 is 18.3. The van der Waals surface area contributed by atoms with Crippen LogP contribution in [0.5, 0.6) is 0 Å². The van der Waals surface area contributed by atoms with E-state index >= 15 is 0 Å². The Morgan fingerprint density at radius 2 is 2.35 bits per heavy atom. The van der Waals surface area contributed by atoms with Crippen molar-refractivity contribution in [2.24, 2.45) is 4.99 Å². The molecule has 90 valence electrons. The van der Waals surface area contributed by atoms with Crippen molar-refractivity contribution < 1.29 is 13.9 Å². The van der Waals surface area contributed by atoms with E-state index in [2.05, 4.69) is 4.99 Å². The van der Waals surface area contributed by atoms with Crippen LogP contribution < -0.4 is 0 Å². The van der Waals surface area contributed by atoms with E-state index in [0.29, 0.717) is 12.9 Å². The van der Waals surface area contributed by atoms with E-state index in [9.17, 15) is 9.18 Å². The molecule has 2 rings (SSSR count). The number of rotatable bonds is 4. The minimum absolute atomic E-state index is 0.301. The number of hydrogen-bond donors (Lipinski definition) is 0. The Labute approximate surface area is 99.3 Å². The summed E-state index contributed by atoms with van der Waals surface area (Å²) in [4.78, 5) is 14.7. The summed E-state index contributed by atoms with van der Waals surface area (Å²) in [5.74, 6) is -0.301.